The summed E-state index contributed by atoms with van der Waals surface area (Å²) in [6.07, 6.45) is 0. The minimum absolute atomic E-state index is 0.264. The van der Waals surface area contributed by atoms with E-state index in [1.807, 2.05) is 0 Å². The monoisotopic (exact) mass is 379 g/mol. The summed E-state index contributed by atoms with van der Waals surface area (Å²) in [6.45, 7) is 1.19. The zero-order valence-corrected chi connectivity index (χ0v) is 15.0. The number of urea groups is 1. The van der Waals surface area contributed by atoms with Gasteiger partial charge in [-0.15, -0.1) is 0 Å². The fourth-order valence-electron chi connectivity index (χ4n) is 2.64. The van der Waals surface area contributed by atoms with Gasteiger partial charge in [0.1, 0.15) is 0 Å². The molecular formula is C17H18ClN3O3S. The molecule has 2 amide bonds. The predicted octanol–water partition coefficient (Wildman–Crippen LogP) is 2.88. The highest BCUT2D eigenvalue weighted by Gasteiger charge is 2.29. The van der Waals surface area contributed by atoms with Gasteiger partial charge >= 0.3 is 6.03 Å². The van der Waals surface area contributed by atoms with Gasteiger partial charge in [-0.1, -0.05) is 35.9 Å². The van der Waals surface area contributed by atoms with Crippen molar-refractivity contribution in [3.63, 3.8) is 0 Å². The minimum atomic E-state index is -3.52. The smallest absolute Gasteiger partial charge is 0.321 e. The van der Waals surface area contributed by atoms with Crippen molar-refractivity contribution in [1.82, 2.24) is 9.21 Å². The van der Waals surface area contributed by atoms with E-state index in [1.54, 1.807) is 59.5 Å². The summed E-state index contributed by atoms with van der Waals surface area (Å²) in [6, 6.07) is 14.9. The summed E-state index contributed by atoms with van der Waals surface area (Å²) < 4.78 is 26.6. The van der Waals surface area contributed by atoms with E-state index in [-0.39, 0.29) is 24.0 Å². The first kappa shape index (κ1) is 17.7. The summed E-state index contributed by atoms with van der Waals surface area (Å²) in [5.74, 6) is 0. The molecule has 0 atom stereocenters. The number of hydrogen-bond acceptors (Lipinski definition) is 3. The Hall–Kier alpha value is -2.09. The first-order chi connectivity index (χ1) is 12.0. The number of amides is 2. The SMILES string of the molecule is O=C(Nc1cccc(Cl)c1)N1CCN(S(=O)(=O)c2ccccc2)CC1. The molecule has 2 aromatic carbocycles. The number of hydrogen-bond donors (Lipinski definition) is 1. The molecule has 6 nitrogen and oxygen atoms in total. The molecule has 1 aliphatic heterocycles. The lowest BCUT2D eigenvalue weighted by atomic mass is 10.3. The molecule has 1 fully saturated rings. The van der Waals surface area contributed by atoms with E-state index in [0.29, 0.717) is 23.8 Å². The molecule has 0 radical (unpaired) electrons. The van der Waals surface area contributed by atoms with Crippen molar-refractivity contribution < 1.29 is 13.2 Å². The number of carbonyl (C=O) groups excluding carboxylic acids is 1. The molecule has 1 heterocycles. The van der Waals surface area contributed by atoms with Gasteiger partial charge in [-0.25, -0.2) is 13.2 Å². The Balaban J connectivity index is 1.61. The van der Waals surface area contributed by atoms with Gasteiger partial charge in [0, 0.05) is 36.9 Å². The molecule has 1 saturated heterocycles. The quantitative estimate of drug-likeness (QED) is 0.891. The second kappa shape index (κ2) is 7.43. The van der Waals surface area contributed by atoms with Crippen LogP contribution in [0.5, 0.6) is 0 Å². The van der Waals surface area contributed by atoms with E-state index in [0.717, 1.165) is 0 Å². The molecule has 8 heteroatoms. The Labute approximate surface area is 152 Å². The van der Waals surface area contributed by atoms with Crippen LogP contribution in [0.15, 0.2) is 59.5 Å². The second-order valence-electron chi connectivity index (χ2n) is 5.64. The number of carbonyl (C=O) groups is 1. The van der Waals surface area contributed by atoms with Gasteiger partial charge in [0.05, 0.1) is 4.90 Å². The van der Waals surface area contributed by atoms with E-state index in [2.05, 4.69) is 5.32 Å². The third kappa shape index (κ3) is 4.12. The summed E-state index contributed by atoms with van der Waals surface area (Å²) >= 11 is 5.90. The van der Waals surface area contributed by atoms with Gasteiger partial charge in [0.15, 0.2) is 0 Å². The third-order valence-electron chi connectivity index (χ3n) is 3.98. The molecule has 0 saturated carbocycles. The van der Waals surface area contributed by atoms with Crippen LogP contribution in [0, 0.1) is 0 Å². The second-order valence-corrected chi connectivity index (χ2v) is 8.02. The number of halogens is 1. The highest BCUT2D eigenvalue weighted by molar-refractivity contribution is 7.89. The average Bonchev–Trinajstić information content (AvgIpc) is 2.62. The number of rotatable bonds is 3. The molecule has 132 valence electrons. The lowest BCUT2D eigenvalue weighted by Crippen LogP contribution is -2.51. The average molecular weight is 380 g/mol. The van der Waals surface area contributed by atoms with E-state index in [9.17, 15) is 13.2 Å². The fraction of sp³-hybridized carbons (Fsp3) is 0.235. The predicted molar refractivity (Wildman–Crippen MR) is 97.2 cm³/mol. The van der Waals surface area contributed by atoms with Crippen molar-refractivity contribution in [3.05, 3.63) is 59.6 Å². The molecule has 0 aliphatic carbocycles. The fourth-order valence-corrected chi connectivity index (χ4v) is 4.28. The normalized spacial score (nSPS) is 15.8. The van der Waals surface area contributed by atoms with E-state index in [4.69, 9.17) is 11.6 Å². The first-order valence-electron chi connectivity index (χ1n) is 7.83. The van der Waals surface area contributed by atoms with E-state index < -0.39 is 10.0 Å². The number of anilines is 1. The van der Waals surface area contributed by atoms with Crippen LogP contribution in [-0.4, -0.2) is 49.8 Å². The molecule has 25 heavy (non-hydrogen) atoms. The van der Waals surface area contributed by atoms with Gasteiger partial charge in [-0.2, -0.15) is 4.31 Å². The maximum Gasteiger partial charge on any atom is 0.321 e. The van der Waals surface area contributed by atoms with Gasteiger partial charge < -0.3 is 10.2 Å². The van der Waals surface area contributed by atoms with E-state index >= 15 is 0 Å². The molecule has 1 N–H and O–H groups in total. The zero-order chi connectivity index (χ0) is 17.9. The maximum absolute atomic E-state index is 12.6. The van der Waals surface area contributed by atoms with Gasteiger partial charge in [0.25, 0.3) is 0 Å². The summed E-state index contributed by atoms with van der Waals surface area (Å²) in [7, 11) is -3.52. The van der Waals surface area contributed by atoms with Crippen LogP contribution in [0.25, 0.3) is 0 Å². The number of benzene rings is 2. The Bertz CT molecular complexity index is 850. The number of sulfonamides is 1. The maximum atomic E-state index is 12.6. The minimum Gasteiger partial charge on any atom is -0.322 e. The van der Waals surface area contributed by atoms with Crippen LogP contribution in [0.1, 0.15) is 0 Å². The van der Waals surface area contributed by atoms with Crippen molar-refractivity contribution >= 4 is 33.3 Å². The highest BCUT2D eigenvalue weighted by atomic mass is 35.5. The van der Waals surface area contributed by atoms with Crippen molar-refractivity contribution in [2.45, 2.75) is 4.90 Å². The lowest BCUT2D eigenvalue weighted by Gasteiger charge is -2.34. The Morgan fingerprint density at radius 1 is 0.960 bits per heavy atom. The lowest BCUT2D eigenvalue weighted by molar-refractivity contribution is 0.184. The van der Waals surface area contributed by atoms with Gasteiger partial charge in [-0.3, -0.25) is 0 Å². The molecule has 2 aromatic rings. The number of piperazine rings is 1. The number of nitrogens with zero attached hydrogens (tertiary/aromatic N) is 2. The Kier molecular flexibility index (Phi) is 5.27. The molecule has 1 aliphatic rings. The van der Waals surface area contributed by atoms with Crippen molar-refractivity contribution in [1.29, 1.82) is 0 Å². The van der Waals surface area contributed by atoms with Crippen LogP contribution in [-0.2, 0) is 10.0 Å². The molecule has 0 unspecified atom stereocenters. The first-order valence-corrected chi connectivity index (χ1v) is 9.65. The number of nitrogens with one attached hydrogen (secondary N) is 1. The van der Waals surface area contributed by atoms with Crippen molar-refractivity contribution in [2.75, 3.05) is 31.5 Å². The summed E-state index contributed by atoms with van der Waals surface area (Å²) in [4.78, 5) is 14.2. The summed E-state index contributed by atoms with van der Waals surface area (Å²) in [5, 5.41) is 3.31. The standard InChI is InChI=1S/C17H18ClN3O3S/c18-14-5-4-6-15(13-14)19-17(22)20-9-11-21(12-10-20)25(23,24)16-7-2-1-3-8-16/h1-8,13H,9-12H2,(H,19,22). The van der Waals surface area contributed by atoms with Crippen molar-refractivity contribution in [3.8, 4) is 0 Å². The molecule has 3 rings (SSSR count). The summed E-state index contributed by atoms with van der Waals surface area (Å²) in [5.41, 5.74) is 0.608. The zero-order valence-electron chi connectivity index (χ0n) is 13.4. The van der Waals surface area contributed by atoms with Gasteiger partial charge in [-0.05, 0) is 30.3 Å². The van der Waals surface area contributed by atoms with E-state index in [1.165, 1.54) is 4.31 Å². The van der Waals surface area contributed by atoms with Crippen molar-refractivity contribution in [2.24, 2.45) is 0 Å². The largest absolute Gasteiger partial charge is 0.322 e. The molecule has 0 spiro atoms. The highest BCUT2D eigenvalue weighted by Crippen LogP contribution is 2.19. The van der Waals surface area contributed by atoms with Crippen LogP contribution in [0.2, 0.25) is 5.02 Å². The third-order valence-corrected chi connectivity index (χ3v) is 6.13. The molecule has 0 bridgehead atoms. The van der Waals surface area contributed by atoms with Gasteiger partial charge in [0.2, 0.25) is 10.0 Å². The van der Waals surface area contributed by atoms with Crippen LogP contribution in [0.4, 0.5) is 10.5 Å². The van der Waals surface area contributed by atoms with Crippen LogP contribution < -0.4 is 5.32 Å². The topological polar surface area (TPSA) is 69.7 Å². The Morgan fingerprint density at radius 2 is 1.64 bits per heavy atom. The Morgan fingerprint density at radius 3 is 2.28 bits per heavy atom. The molecular weight excluding hydrogens is 362 g/mol. The molecule has 0 aromatic heterocycles. The van der Waals surface area contributed by atoms with Crippen LogP contribution in [0.3, 0.4) is 0 Å². The van der Waals surface area contributed by atoms with Crippen LogP contribution >= 0.6 is 11.6 Å².